The zero-order chi connectivity index (χ0) is 20.9. The van der Waals surface area contributed by atoms with Crippen molar-refractivity contribution in [3.8, 4) is 22.7 Å². The fourth-order valence-corrected chi connectivity index (χ4v) is 3.56. The van der Waals surface area contributed by atoms with Crippen molar-refractivity contribution >= 4 is 0 Å². The number of nitrogens with one attached hydrogen (secondary N) is 1. The molecule has 2 aromatic carbocycles. The highest BCUT2D eigenvalue weighted by Gasteiger charge is 2.17. The van der Waals surface area contributed by atoms with Crippen LogP contribution < -0.4 is 10.1 Å². The van der Waals surface area contributed by atoms with E-state index in [1.54, 1.807) is 6.07 Å². The quantitative estimate of drug-likeness (QED) is 0.645. The fraction of sp³-hybridized carbons (Fsp3) is 0.348. The molecule has 1 atom stereocenters. The maximum atomic E-state index is 14.4. The van der Waals surface area contributed by atoms with Gasteiger partial charge in [0.2, 0.25) is 0 Å². The zero-order valence-corrected chi connectivity index (χ0v) is 17.2. The third-order valence-corrected chi connectivity index (χ3v) is 5.15. The van der Waals surface area contributed by atoms with Crippen LogP contribution in [-0.2, 0) is 16.0 Å². The average molecular weight is 411 g/mol. The largest absolute Gasteiger partial charge is 0.494 e. The van der Waals surface area contributed by atoms with E-state index < -0.39 is 5.82 Å². The molecule has 7 heteroatoms. The Morgan fingerprint density at radius 2 is 2.10 bits per heavy atom. The lowest BCUT2D eigenvalue weighted by Gasteiger charge is -2.23. The van der Waals surface area contributed by atoms with Gasteiger partial charge in [0.25, 0.3) is 0 Å². The summed E-state index contributed by atoms with van der Waals surface area (Å²) in [6.07, 6.45) is 2.03. The average Bonchev–Trinajstić information content (AvgIpc) is 3.18. The summed E-state index contributed by atoms with van der Waals surface area (Å²) in [6.45, 7) is 5.15. The standard InChI is InChI=1S/C23H26FN3O3/c1-16-5-3-4-6-21(16)27-14-18(12-25-13-19-15-29-9-10-30-19)23(26-27)17-7-8-22(28-2)20(24)11-17/h3-8,11,14,19,25H,9-10,12-13,15H2,1-2H3/t19-/m0/s1. The predicted octanol–water partition coefficient (Wildman–Crippen LogP) is 3.50. The van der Waals surface area contributed by atoms with E-state index in [0.717, 1.165) is 22.5 Å². The van der Waals surface area contributed by atoms with Crippen LogP contribution in [0.1, 0.15) is 11.1 Å². The van der Waals surface area contributed by atoms with Gasteiger partial charge in [-0.3, -0.25) is 0 Å². The van der Waals surface area contributed by atoms with E-state index in [0.29, 0.717) is 38.5 Å². The summed E-state index contributed by atoms with van der Waals surface area (Å²) < 4.78 is 32.4. The van der Waals surface area contributed by atoms with Gasteiger partial charge >= 0.3 is 0 Å². The van der Waals surface area contributed by atoms with Crippen molar-refractivity contribution in [1.82, 2.24) is 15.1 Å². The first kappa shape index (κ1) is 20.5. The van der Waals surface area contributed by atoms with E-state index >= 15 is 0 Å². The van der Waals surface area contributed by atoms with Crippen molar-refractivity contribution < 1.29 is 18.6 Å². The molecule has 0 saturated carbocycles. The number of hydrogen-bond acceptors (Lipinski definition) is 5. The van der Waals surface area contributed by atoms with Gasteiger partial charge in [-0.25, -0.2) is 9.07 Å². The summed E-state index contributed by atoms with van der Waals surface area (Å²) in [5.41, 5.74) is 4.50. The molecular weight excluding hydrogens is 385 g/mol. The maximum absolute atomic E-state index is 14.4. The van der Waals surface area contributed by atoms with Gasteiger partial charge in [0.05, 0.1) is 44.4 Å². The Kier molecular flexibility index (Phi) is 6.42. The minimum atomic E-state index is -0.410. The van der Waals surface area contributed by atoms with E-state index in [2.05, 4.69) is 5.32 Å². The number of rotatable bonds is 7. The van der Waals surface area contributed by atoms with Crippen molar-refractivity contribution in [2.24, 2.45) is 0 Å². The van der Waals surface area contributed by atoms with Gasteiger partial charge in [-0.1, -0.05) is 18.2 Å². The minimum absolute atomic E-state index is 0.0343. The Morgan fingerprint density at radius 3 is 2.83 bits per heavy atom. The van der Waals surface area contributed by atoms with Gasteiger partial charge in [-0.15, -0.1) is 0 Å². The second-order valence-electron chi connectivity index (χ2n) is 7.28. The lowest BCUT2D eigenvalue weighted by Crippen LogP contribution is -2.37. The number of benzene rings is 2. The highest BCUT2D eigenvalue weighted by atomic mass is 19.1. The summed E-state index contributed by atoms with van der Waals surface area (Å²) in [5.74, 6) is -0.196. The third-order valence-electron chi connectivity index (χ3n) is 5.15. The first-order valence-corrected chi connectivity index (χ1v) is 10.0. The van der Waals surface area contributed by atoms with Crippen molar-refractivity contribution in [2.45, 2.75) is 19.6 Å². The minimum Gasteiger partial charge on any atom is -0.494 e. The SMILES string of the molecule is COc1ccc(-c2nn(-c3ccccc3C)cc2CNC[C@H]2COCCO2)cc1F. The van der Waals surface area contributed by atoms with Gasteiger partial charge in [0.1, 0.15) is 0 Å². The van der Waals surface area contributed by atoms with Crippen molar-refractivity contribution in [2.75, 3.05) is 33.5 Å². The van der Waals surface area contributed by atoms with Crippen LogP contribution in [0.25, 0.3) is 16.9 Å². The Labute approximate surface area is 175 Å². The van der Waals surface area contributed by atoms with Gasteiger partial charge in [0, 0.05) is 30.4 Å². The van der Waals surface area contributed by atoms with Crippen molar-refractivity contribution in [3.05, 3.63) is 65.6 Å². The molecule has 0 amide bonds. The number of nitrogens with zero attached hydrogens (tertiary/aromatic N) is 2. The van der Waals surface area contributed by atoms with Crippen molar-refractivity contribution in [1.29, 1.82) is 0 Å². The second kappa shape index (κ2) is 9.38. The molecular formula is C23H26FN3O3. The van der Waals surface area contributed by atoms with Gasteiger partial charge in [0.15, 0.2) is 11.6 Å². The summed E-state index contributed by atoms with van der Waals surface area (Å²) in [5, 5.41) is 8.21. The maximum Gasteiger partial charge on any atom is 0.165 e. The number of ether oxygens (including phenoxy) is 3. The molecule has 1 aliphatic heterocycles. The van der Waals surface area contributed by atoms with E-state index in [-0.39, 0.29) is 11.9 Å². The van der Waals surface area contributed by atoms with Gasteiger partial charge in [-0.2, -0.15) is 5.10 Å². The van der Waals surface area contributed by atoms with Gasteiger partial charge < -0.3 is 19.5 Å². The fourth-order valence-electron chi connectivity index (χ4n) is 3.56. The zero-order valence-electron chi connectivity index (χ0n) is 17.2. The number of methoxy groups -OCH3 is 1. The number of aromatic nitrogens is 2. The number of aryl methyl sites for hydroxylation is 1. The monoisotopic (exact) mass is 411 g/mol. The normalized spacial score (nSPS) is 16.6. The van der Waals surface area contributed by atoms with Crippen LogP contribution in [0.2, 0.25) is 0 Å². The lowest BCUT2D eigenvalue weighted by molar-refractivity contribution is -0.0864. The van der Waals surface area contributed by atoms with Crippen LogP contribution in [-0.4, -0.2) is 49.4 Å². The van der Waals surface area contributed by atoms with Gasteiger partial charge in [-0.05, 0) is 36.8 Å². The topological polar surface area (TPSA) is 57.5 Å². The lowest BCUT2D eigenvalue weighted by atomic mass is 10.1. The number of halogens is 1. The van der Waals surface area contributed by atoms with E-state index in [1.165, 1.54) is 13.2 Å². The van der Waals surface area contributed by atoms with E-state index in [1.807, 2.05) is 48.1 Å². The van der Waals surface area contributed by atoms with Crippen molar-refractivity contribution in [3.63, 3.8) is 0 Å². The second-order valence-corrected chi connectivity index (χ2v) is 7.28. The molecule has 1 aromatic heterocycles. The summed E-state index contributed by atoms with van der Waals surface area (Å²) in [4.78, 5) is 0. The molecule has 0 bridgehead atoms. The Morgan fingerprint density at radius 1 is 1.23 bits per heavy atom. The van der Waals surface area contributed by atoms with Crippen LogP contribution in [0.3, 0.4) is 0 Å². The molecule has 0 aliphatic carbocycles. The Hall–Kier alpha value is -2.74. The van der Waals surface area contributed by atoms with E-state index in [9.17, 15) is 4.39 Å². The smallest absolute Gasteiger partial charge is 0.165 e. The van der Waals surface area contributed by atoms with Crippen LogP contribution in [0.15, 0.2) is 48.7 Å². The molecule has 0 unspecified atom stereocenters. The molecule has 4 rings (SSSR count). The first-order chi connectivity index (χ1) is 14.7. The summed E-state index contributed by atoms with van der Waals surface area (Å²) in [7, 11) is 1.46. The summed E-state index contributed by atoms with van der Waals surface area (Å²) in [6, 6.07) is 13.0. The number of para-hydroxylation sites is 1. The molecule has 0 spiro atoms. The van der Waals surface area contributed by atoms with Crippen LogP contribution in [0, 0.1) is 12.7 Å². The molecule has 1 fully saturated rings. The first-order valence-electron chi connectivity index (χ1n) is 10.0. The Balaban J connectivity index is 1.62. The molecule has 2 heterocycles. The predicted molar refractivity (Wildman–Crippen MR) is 113 cm³/mol. The molecule has 30 heavy (non-hydrogen) atoms. The molecule has 1 aliphatic rings. The molecule has 1 saturated heterocycles. The molecule has 0 radical (unpaired) electrons. The highest BCUT2D eigenvalue weighted by molar-refractivity contribution is 5.64. The molecule has 158 valence electrons. The molecule has 3 aromatic rings. The molecule has 1 N–H and O–H groups in total. The Bertz CT molecular complexity index is 999. The highest BCUT2D eigenvalue weighted by Crippen LogP contribution is 2.28. The number of hydrogen-bond donors (Lipinski definition) is 1. The van der Waals surface area contributed by atoms with E-state index in [4.69, 9.17) is 19.3 Å². The van der Waals surface area contributed by atoms with Crippen LogP contribution in [0.5, 0.6) is 5.75 Å². The summed E-state index contributed by atoms with van der Waals surface area (Å²) >= 11 is 0. The third kappa shape index (κ3) is 4.53. The molecule has 6 nitrogen and oxygen atoms in total. The van der Waals surface area contributed by atoms with Crippen LogP contribution >= 0.6 is 0 Å². The van der Waals surface area contributed by atoms with Crippen LogP contribution in [0.4, 0.5) is 4.39 Å².